The molecule has 16 heavy (non-hydrogen) atoms. The molecule has 1 fully saturated rings. The Balaban J connectivity index is 2.11. The van der Waals surface area contributed by atoms with Crippen molar-refractivity contribution in [3.8, 4) is 0 Å². The molecule has 96 valence electrons. The van der Waals surface area contributed by atoms with Crippen LogP contribution in [0.2, 0.25) is 0 Å². The van der Waals surface area contributed by atoms with Gasteiger partial charge in [0, 0.05) is 18.6 Å². The van der Waals surface area contributed by atoms with Gasteiger partial charge < -0.3 is 10.2 Å². The molecule has 2 heteroatoms. The first-order chi connectivity index (χ1) is 7.59. The molecule has 1 aliphatic carbocycles. The van der Waals surface area contributed by atoms with Crippen LogP contribution in [-0.2, 0) is 0 Å². The summed E-state index contributed by atoms with van der Waals surface area (Å²) >= 11 is 0. The van der Waals surface area contributed by atoms with Crippen molar-refractivity contribution in [2.24, 2.45) is 5.92 Å². The fourth-order valence-electron chi connectivity index (χ4n) is 2.58. The second kappa shape index (κ2) is 7.29. The molecular formula is C14H30N2. The summed E-state index contributed by atoms with van der Waals surface area (Å²) in [4.78, 5) is 2.55. The van der Waals surface area contributed by atoms with Crippen LogP contribution in [0.25, 0.3) is 0 Å². The highest BCUT2D eigenvalue weighted by molar-refractivity contribution is 4.73. The molecule has 1 aliphatic rings. The monoisotopic (exact) mass is 226 g/mol. The fourth-order valence-corrected chi connectivity index (χ4v) is 2.58. The predicted molar refractivity (Wildman–Crippen MR) is 71.8 cm³/mol. The van der Waals surface area contributed by atoms with E-state index in [1.165, 1.54) is 38.6 Å². The third-order valence-corrected chi connectivity index (χ3v) is 3.89. The van der Waals surface area contributed by atoms with Crippen LogP contribution >= 0.6 is 0 Å². The van der Waals surface area contributed by atoms with Gasteiger partial charge in [0.25, 0.3) is 0 Å². The molecule has 0 aliphatic heterocycles. The summed E-state index contributed by atoms with van der Waals surface area (Å²) in [7, 11) is 2.29. The van der Waals surface area contributed by atoms with Gasteiger partial charge in [-0.2, -0.15) is 0 Å². The zero-order valence-electron chi connectivity index (χ0n) is 11.6. The summed E-state index contributed by atoms with van der Waals surface area (Å²) in [5.41, 5.74) is 0. The van der Waals surface area contributed by atoms with Gasteiger partial charge in [0.15, 0.2) is 0 Å². The van der Waals surface area contributed by atoms with Gasteiger partial charge in [0.05, 0.1) is 0 Å². The average Bonchev–Trinajstić information content (AvgIpc) is 2.69. The van der Waals surface area contributed by atoms with Crippen LogP contribution in [0.1, 0.15) is 52.9 Å². The van der Waals surface area contributed by atoms with Gasteiger partial charge in [-0.25, -0.2) is 0 Å². The first-order valence-corrected chi connectivity index (χ1v) is 7.03. The van der Waals surface area contributed by atoms with Crippen LogP contribution in [0.15, 0.2) is 0 Å². The minimum Gasteiger partial charge on any atom is -0.314 e. The zero-order valence-corrected chi connectivity index (χ0v) is 11.6. The van der Waals surface area contributed by atoms with E-state index in [0.29, 0.717) is 12.1 Å². The molecule has 1 unspecified atom stereocenters. The van der Waals surface area contributed by atoms with E-state index in [-0.39, 0.29) is 0 Å². The maximum atomic E-state index is 3.50. The van der Waals surface area contributed by atoms with Crippen molar-refractivity contribution in [2.75, 3.05) is 20.1 Å². The predicted octanol–water partition coefficient (Wildman–Crippen LogP) is 2.89. The van der Waals surface area contributed by atoms with E-state index in [4.69, 9.17) is 0 Å². The molecule has 1 atom stereocenters. The maximum Gasteiger partial charge on any atom is 0.00760 e. The van der Waals surface area contributed by atoms with E-state index in [9.17, 15) is 0 Å². The van der Waals surface area contributed by atoms with Crippen LogP contribution in [0.3, 0.4) is 0 Å². The Hall–Kier alpha value is -0.0800. The molecule has 0 saturated heterocycles. The van der Waals surface area contributed by atoms with Gasteiger partial charge in [-0.05, 0) is 45.7 Å². The van der Waals surface area contributed by atoms with E-state index >= 15 is 0 Å². The Kier molecular flexibility index (Phi) is 6.37. The minimum atomic E-state index is 0.618. The lowest BCUT2D eigenvalue weighted by Crippen LogP contribution is -2.36. The van der Waals surface area contributed by atoms with Crippen molar-refractivity contribution in [1.82, 2.24) is 10.2 Å². The standard InChI is InChI=1S/C14H30N2/c1-12(2)15-10-9-13(3)16(4)11-14-7-5-6-8-14/h12-15H,5-11H2,1-4H3. The minimum absolute atomic E-state index is 0.618. The van der Waals surface area contributed by atoms with Gasteiger partial charge in [-0.15, -0.1) is 0 Å². The van der Waals surface area contributed by atoms with Crippen molar-refractivity contribution in [1.29, 1.82) is 0 Å². The van der Waals surface area contributed by atoms with Crippen molar-refractivity contribution in [3.05, 3.63) is 0 Å². The molecule has 0 bridgehead atoms. The highest BCUT2D eigenvalue weighted by Gasteiger charge is 2.19. The summed E-state index contributed by atoms with van der Waals surface area (Å²) in [6, 6.07) is 1.33. The lowest BCUT2D eigenvalue weighted by Gasteiger charge is -2.27. The lowest BCUT2D eigenvalue weighted by atomic mass is 10.1. The molecule has 0 spiro atoms. The molecule has 2 nitrogen and oxygen atoms in total. The average molecular weight is 226 g/mol. The van der Waals surface area contributed by atoms with Crippen LogP contribution in [-0.4, -0.2) is 37.1 Å². The van der Waals surface area contributed by atoms with E-state index in [1.807, 2.05) is 0 Å². The van der Waals surface area contributed by atoms with E-state index in [2.05, 4.69) is 38.0 Å². The summed E-state index contributed by atoms with van der Waals surface area (Å²) < 4.78 is 0. The van der Waals surface area contributed by atoms with Gasteiger partial charge in [0.2, 0.25) is 0 Å². The Morgan fingerprint density at radius 3 is 2.38 bits per heavy atom. The quantitative estimate of drug-likeness (QED) is 0.718. The van der Waals surface area contributed by atoms with Crippen molar-refractivity contribution in [3.63, 3.8) is 0 Å². The molecule has 1 saturated carbocycles. The van der Waals surface area contributed by atoms with Crippen molar-refractivity contribution in [2.45, 2.75) is 65.0 Å². The van der Waals surface area contributed by atoms with E-state index in [0.717, 1.165) is 12.5 Å². The molecule has 0 amide bonds. The summed E-state index contributed by atoms with van der Waals surface area (Å²) in [6.07, 6.45) is 7.10. The summed E-state index contributed by atoms with van der Waals surface area (Å²) in [6.45, 7) is 9.24. The molecule has 1 rings (SSSR count). The smallest absolute Gasteiger partial charge is 0.00760 e. The van der Waals surface area contributed by atoms with Gasteiger partial charge in [-0.1, -0.05) is 26.7 Å². The third kappa shape index (κ3) is 5.31. The Bertz CT molecular complexity index is 174. The Morgan fingerprint density at radius 2 is 1.81 bits per heavy atom. The normalized spacial score (nSPS) is 19.9. The fraction of sp³-hybridized carbons (Fsp3) is 1.00. The van der Waals surface area contributed by atoms with Crippen LogP contribution in [0, 0.1) is 5.92 Å². The number of nitrogens with zero attached hydrogens (tertiary/aromatic N) is 1. The van der Waals surface area contributed by atoms with Crippen LogP contribution < -0.4 is 5.32 Å². The van der Waals surface area contributed by atoms with E-state index in [1.54, 1.807) is 0 Å². The third-order valence-electron chi connectivity index (χ3n) is 3.89. The topological polar surface area (TPSA) is 15.3 Å². The molecule has 0 aromatic heterocycles. The lowest BCUT2D eigenvalue weighted by molar-refractivity contribution is 0.208. The van der Waals surface area contributed by atoms with Gasteiger partial charge in [0.1, 0.15) is 0 Å². The van der Waals surface area contributed by atoms with Crippen molar-refractivity contribution >= 4 is 0 Å². The second-order valence-electron chi connectivity index (χ2n) is 5.84. The number of hydrogen-bond acceptors (Lipinski definition) is 2. The second-order valence-corrected chi connectivity index (χ2v) is 5.84. The number of rotatable bonds is 7. The molecule has 0 aromatic rings. The molecule has 1 N–H and O–H groups in total. The largest absolute Gasteiger partial charge is 0.314 e. The zero-order chi connectivity index (χ0) is 12.0. The van der Waals surface area contributed by atoms with E-state index < -0.39 is 0 Å². The first kappa shape index (κ1) is 14.0. The summed E-state index contributed by atoms with van der Waals surface area (Å²) in [5, 5.41) is 3.50. The molecular weight excluding hydrogens is 196 g/mol. The van der Waals surface area contributed by atoms with Crippen LogP contribution in [0.5, 0.6) is 0 Å². The number of nitrogens with one attached hydrogen (secondary N) is 1. The highest BCUT2D eigenvalue weighted by Crippen LogP contribution is 2.25. The SMILES string of the molecule is CC(C)NCCC(C)N(C)CC1CCCC1. The molecule has 0 radical (unpaired) electrons. The summed E-state index contributed by atoms with van der Waals surface area (Å²) in [5.74, 6) is 0.977. The van der Waals surface area contributed by atoms with Crippen LogP contribution in [0.4, 0.5) is 0 Å². The Morgan fingerprint density at radius 1 is 1.19 bits per heavy atom. The molecule has 0 aromatic carbocycles. The number of hydrogen-bond donors (Lipinski definition) is 1. The van der Waals surface area contributed by atoms with Gasteiger partial charge >= 0.3 is 0 Å². The first-order valence-electron chi connectivity index (χ1n) is 7.03. The highest BCUT2D eigenvalue weighted by atomic mass is 15.1. The molecule has 0 heterocycles. The maximum absolute atomic E-state index is 3.50. The van der Waals surface area contributed by atoms with Gasteiger partial charge in [-0.3, -0.25) is 0 Å². The Labute approximate surface area is 102 Å². The van der Waals surface area contributed by atoms with Crippen molar-refractivity contribution < 1.29 is 0 Å².